The van der Waals surface area contributed by atoms with E-state index in [1.165, 1.54) is 0 Å². The van der Waals surface area contributed by atoms with Gasteiger partial charge >= 0.3 is 0 Å². The van der Waals surface area contributed by atoms with Gasteiger partial charge in [0.15, 0.2) is 11.5 Å². The molecular weight excluding hydrogens is 397 g/mol. The molecule has 0 spiro atoms. The minimum absolute atomic E-state index is 0.103. The second-order valence-corrected chi connectivity index (χ2v) is 6.39. The van der Waals surface area contributed by atoms with Crippen LogP contribution in [0, 0.1) is 0 Å². The van der Waals surface area contributed by atoms with E-state index in [1.54, 1.807) is 24.3 Å². The highest BCUT2D eigenvalue weighted by molar-refractivity contribution is 6.33. The van der Waals surface area contributed by atoms with Gasteiger partial charge in [0.25, 0.3) is 11.5 Å². The topological polar surface area (TPSA) is 137 Å². The fourth-order valence-electron chi connectivity index (χ4n) is 2.31. The quantitative estimate of drug-likeness (QED) is 0.626. The number of hydrogen-bond donors (Lipinski definition) is 2. The standard InChI is InChI=1S/C16H13Cl2N5O4/c17-9-3-1-8(2-4-9)10(24)5-11-21-12(27-22-11)6-23-7-20-14(15(19)25)13(18)16(23)26/h1-4,7,10,24H,5-6H2,(H2,19,25)/t10-/m0/s1. The lowest BCUT2D eigenvalue weighted by Crippen LogP contribution is -2.26. The fourth-order valence-corrected chi connectivity index (χ4v) is 2.68. The molecule has 0 radical (unpaired) electrons. The van der Waals surface area contributed by atoms with Gasteiger partial charge in [-0.3, -0.25) is 14.2 Å². The van der Waals surface area contributed by atoms with Crippen LogP contribution >= 0.6 is 23.2 Å². The highest BCUT2D eigenvalue weighted by atomic mass is 35.5. The molecule has 0 aliphatic carbocycles. The second-order valence-electron chi connectivity index (χ2n) is 5.58. The fraction of sp³-hybridized carbons (Fsp3) is 0.188. The van der Waals surface area contributed by atoms with Gasteiger partial charge in [-0.15, -0.1) is 0 Å². The highest BCUT2D eigenvalue weighted by Gasteiger charge is 2.17. The molecule has 1 amide bonds. The van der Waals surface area contributed by atoms with E-state index in [-0.39, 0.29) is 35.4 Å². The number of carbonyl (C=O) groups is 1. The summed E-state index contributed by atoms with van der Waals surface area (Å²) in [7, 11) is 0. The van der Waals surface area contributed by atoms with Crippen LogP contribution in [0.5, 0.6) is 0 Å². The molecule has 3 rings (SSSR count). The minimum Gasteiger partial charge on any atom is -0.388 e. The van der Waals surface area contributed by atoms with Crippen molar-refractivity contribution in [2.24, 2.45) is 5.73 Å². The van der Waals surface area contributed by atoms with E-state index in [0.717, 1.165) is 10.9 Å². The van der Waals surface area contributed by atoms with Crippen LogP contribution < -0.4 is 11.3 Å². The van der Waals surface area contributed by atoms with E-state index >= 15 is 0 Å². The van der Waals surface area contributed by atoms with Crippen LogP contribution in [-0.4, -0.2) is 30.7 Å². The number of aliphatic hydroxyl groups is 1. The van der Waals surface area contributed by atoms with E-state index in [4.69, 9.17) is 33.5 Å². The van der Waals surface area contributed by atoms with E-state index in [9.17, 15) is 14.7 Å². The molecule has 2 aromatic heterocycles. The number of aromatic nitrogens is 4. The lowest BCUT2D eigenvalue weighted by molar-refractivity contribution is 0.0995. The van der Waals surface area contributed by atoms with Gasteiger partial charge in [-0.25, -0.2) is 4.98 Å². The van der Waals surface area contributed by atoms with Crippen LogP contribution in [0.1, 0.15) is 33.9 Å². The molecule has 0 bridgehead atoms. The maximum Gasteiger partial charge on any atom is 0.273 e. The van der Waals surface area contributed by atoms with Crippen molar-refractivity contribution >= 4 is 29.1 Å². The van der Waals surface area contributed by atoms with Crippen molar-refractivity contribution in [3.63, 3.8) is 0 Å². The number of primary amides is 1. The molecule has 1 atom stereocenters. The lowest BCUT2D eigenvalue weighted by atomic mass is 10.1. The Morgan fingerprint density at radius 1 is 1.30 bits per heavy atom. The van der Waals surface area contributed by atoms with E-state index in [2.05, 4.69) is 15.1 Å². The zero-order valence-electron chi connectivity index (χ0n) is 13.7. The maximum absolute atomic E-state index is 12.1. The van der Waals surface area contributed by atoms with Crippen LogP contribution in [0.3, 0.4) is 0 Å². The monoisotopic (exact) mass is 409 g/mol. The molecule has 2 heterocycles. The molecule has 9 nitrogen and oxygen atoms in total. The molecule has 27 heavy (non-hydrogen) atoms. The summed E-state index contributed by atoms with van der Waals surface area (Å²) in [6.45, 7) is -0.103. The zero-order chi connectivity index (χ0) is 19.6. The van der Waals surface area contributed by atoms with Gasteiger partial charge in [0, 0.05) is 11.4 Å². The Morgan fingerprint density at radius 3 is 2.67 bits per heavy atom. The van der Waals surface area contributed by atoms with E-state index in [1.807, 2.05) is 0 Å². The van der Waals surface area contributed by atoms with Gasteiger partial charge in [-0.1, -0.05) is 40.5 Å². The first-order chi connectivity index (χ1) is 12.8. The average molecular weight is 410 g/mol. The largest absolute Gasteiger partial charge is 0.388 e. The van der Waals surface area contributed by atoms with Crippen LogP contribution in [0.4, 0.5) is 0 Å². The zero-order valence-corrected chi connectivity index (χ0v) is 15.2. The molecule has 3 aromatic rings. The molecule has 1 aromatic carbocycles. The van der Waals surface area contributed by atoms with Gasteiger partial charge in [0.05, 0.1) is 12.4 Å². The number of nitrogens with two attached hydrogens (primary N) is 1. The van der Waals surface area contributed by atoms with E-state index < -0.39 is 17.6 Å². The predicted molar refractivity (Wildman–Crippen MR) is 95.5 cm³/mol. The molecular formula is C16H13Cl2N5O4. The molecule has 0 aliphatic rings. The first-order valence-corrected chi connectivity index (χ1v) is 8.40. The van der Waals surface area contributed by atoms with Crippen molar-refractivity contribution in [3.8, 4) is 0 Å². The first kappa shape index (κ1) is 19.0. The van der Waals surface area contributed by atoms with Gasteiger partial charge < -0.3 is 15.4 Å². The Morgan fingerprint density at radius 2 is 2.00 bits per heavy atom. The number of amides is 1. The number of nitrogens with zero attached hydrogens (tertiary/aromatic N) is 4. The van der Waals surface area contributed by atoms with E-state index in [0.29, 0.717) is 10.6 Å². The Labute approximate surface area is 162 Å². The minimum atomic E-state index is -0.902. The summed E-state index contributed by atoms with van der Waals surface area (Å²) >= 11 is 11.6. The molecule has 3 N–H and O–H groups in total. The number of hydrogen-bond acceptors (Lipinski definition) is 7. The smallest absolute Gasteiger partial charge is 0.273 e. The Kier molecular flexibility index (Phi) is 5.54. The molecule has 11 heteroatoms. The van der Waals surface area contributed by atoms with Crippen molar-refractivity contribution in [2.45, 2.75) is 19.1 Å². The van der Waals surface area contributed by atoms with Gasteiger partial charge in [-0.2, -0.15) is 4.98 Å². The molecule has 0 saturated heterocycles. The molecule has 0 fully saturated rings. The normalized spacial score (nSPS) is 12.1. The highest BCUT2D eigenvalue weighted by Crippen LogP contribution is 2.19. The van der Waals surface area contributed by atoms with Gasteiger partial charge in [-0.05, 0) is 17.7 Å². The molecule has 0 aliphatic heterocycles. The number of rotatable bonds is 6. The summed E-state index contributed by atoms with van der Waals surface area (Å²) in [5.41, 5.74) is 4.76. The first-order valence-electron chi connectivity index (χ1n) is 7.65. The van der Waals surface area contributed by atoms with Crippen LogP contribution in [-0.2, 0) is 13.0 Å². The Balaban J connectivity index is 1.73. The van der Waals surface area contributed by atoms with Crippen LogP contribution in [0.25, 0.3) is 0 Å². The summed E-state index contributed by atoms with van der Waals surface area (Å²) < 4.78 is 6.18. The molecule has 140 valence electrons. The molecule has 0 saturated carbocycles. The summed E-state index contributed by atoms with van der Waals surface area (Å²) in [4.78, 5) is 31.2. The number of carbonyl (C=O) groups excluding carboxylic acids is 1. The lowest BCUT2D eigenvalue weighted by Gasteiger charge is -2.08. The van der Waals surface area contributed by atoms with Gasteiger partial charge in [0.2, 0.25) is 5.89 Å². The van der Waals surface area contributed by atoms with Crippen LogP contribution in [0.15, 0.2) is 39.9 Å². The third kappa shape index (κ3) is 4.33. The summed E-state index contributed by atoms with van der Waals surface area (Å²) in [6.07, 6.45) is 0.377. The van der Waals surface area contributed by atoms with Crippen molar-refractivity contribution in [2.75, 3.05) is 0 Å². The summed E-state index contributed by atoms with van der Waals surface area (Å²) in [6, 6.07) is 6.73. The number of benzene rings is 1. The third-order valence-electron chi connectivity index (χ3n) is 3.66. The summed E-state index contributed by atoms with van der Waals surface area (Å²) in [5.74, 6) is -0.533. The van der Waals surface area contributed by atoms with Crippen LogP contribution in [0.2, 0.25) is 10.0 Å². The molecule has 0 unspecified atom stereocenters. The summed E-state index contributed by atoms with van der Waals surface area (Å²) in [5, 5.41) is 14.2. The van der Waals surface area contributed by atoms with Crippen molar-refractivity contribution in [1.82, 2.24) is 19.7 Å². The number of aliphatic hydroxyl groups excluding tert-OH is 1. The predicted octanol–water partition coefficient (Wildman–Crippen LogP) is 1.36. The van der Waals surface area contributed by atoms with Crippen molar-refractivity contribution in [3.05, 3.63) is 74.0 Å². The van der Waals surface area contributed by atoms with Crippen molar-refractivity contribution < 1.29 is 14.4 Å². The third-order valence-corrected chi connectivity index (χ3v) is 4.26. The number of halogens is 2. The maximum atomic E-state index is 12.1. The Hall–Kier alpha value is -2.75. The SMILES string of the molecule is NC(=O)c1ncn(Cc2nc(C[C@H](O)c3ccc(Cl)cc3)no2)c(=O)c1Cl. The van der Waals surface area contributed by atoms with Crippen molar-refractivity contribution in [1.29, 1.82) is 0 Å². The Bertz CT molecular complexity index is 1030. The second kappa shape index (κ2) is 7.87. The van der Waals surface area contributed by atoms with Gasteiger partial charge in [0.1, 0.15) is 11.6 Å². The average Bonchev–Trinajstić information content (AvgIpc) is 3.06.